The van der Waals surface area contributed by atoms with E-state index in [9.17, 15) is 4.79 Å². The first-order valence-electron chi connectivity index (χ1n) is 7.38. The average molecular weight is 249 g/mol. The topological polar surface area (TPSA) is 20.3 Å². The summed E-state index contributed by atoms with van der Waals surface area (Å²) in [4.78, 5) is 14.7. The zero-order valence-electron chi connectivity index (χ0n) is 12.3. The van der Waals surface area contributed by atoms with Crippen LogP contribution in [0.2, 0.25) is 0 Å². The number of hydrogen-bond donors (Lipinski definition) is 0. The quantitative estimate of drug-likeness (QED) is 0.684. The Hall–Kier alpha value is -0.790. The van der Waals surface area contributed by atoms with E-state index < -0.39 is 0 Å². The van der Waals surface area contributed by atoms with E-state index in [1.165, 1.54) is 31.3 Å². The maximum absolute atomic E-state index is 12.6. The van der Waals surface area contributed by atoms with Crippen LogP contribution in [0.25, 0.3) is 0 Å². The Labute approximate surface area is 111 Å². The van der Waals surface area contributed by atoms with Gasteiger partial charge in [0, 0.05) is 13.1 Å². The molecule has 1 aliphatic heterocycles. The fraction of sp³-hybridized carbons (Fsp3) is 0.812. The Bertz CT molecular complexity index is 344. The van der Waals surface area contributed by atoms with Gasteiger partial charge in [-0.1, -0.05) is 38.3 Å². The number of nitrogens with zero attached hydrogens (tertiary/aromatic N) is 1. The van der Waals surface area contributed by atoms with Crippen LogP contribution in [0.4, 0.5) is 0 Å². The van der Waals surface area contributed by atoms with Crippen molar-refractivity contribution in [3.8, 4) is 0 Å². The summed E-state index contributed by atoms with van der Waals surface area (Å²) in [6.45, 7) is 10.7. The van der Waals surface area contributed by atoms with E-state index in [1.54, 1.807) is 0 Å². The smallest absolute Gasteiger partial charge is 0.226 e. The minimum Gasteiger partial charge on any atom is -0.342 e. The van der Waals surface area contributed by atoms with Crippen LogP contribution in [-0.2, 0) is 4.79 Å². The lowest BCUT2D eigenvalue weighted by Crippen LogP contribution is -2.34. The molecule has 1 saturated heterocycles. The van der Waals surface area contributed by atoms with Gasteiger partial charge in [-0.3, -0.25) is 4.79 Å². The van der Waals surface area contributed by atoms with Crippen LogP contribution < -0.4 is 0 Å². The van der Waals surface area contributed by atoms with Gasteiger partial charge >= 0.3 is 0 Å². The van der Waals surface area contributed by atoms with Crippen LogP contribution in [0.15, 0.2) is 11.6 Å². The second-order valence-electron chi connectivity index (χ2n) is 6.81. The Balaban J connectivity index is 2.03. The molecule has 2 nitrogen and oxygen atoms in total. The molecule has 2 rings (SSSR count). The summed E-state index contributed by atoms with van der Waals surface area (Å²) in [6.07, 6.45) is 7.24. The minimum absolute atomic E-state index is 0.167. The molecule has 2 fully saturated rings. The van der Waals surface area contributed by atoms with Gasteiger partial charge in [0.05, 0.1) is 5.92 Å². The molecule has 0 radical (unpaired) electrons. The van der Waals surface area contributed by atoms with Crippen LogP contribution >= 0.6 is 0 Å². The number of rotatable bonds is 2. The Morgan fingerprint density at radius 2 is 1.67 bits per heavy atom. The molecule has 0 aromatic heterocycles. The fourth-order valence-corrected chi connectivity index (χ4v) is 3.31. The van der Waals surface area contributed by atoms with Crippen LogP contribution in [0.5, 0.6) is 0 Å². The summed E-state index contributed by atoms with van der Waals surface area (Å²) in [7, 11) is 0. The van der Waals surface area contributed by atoms with E-state index in [-0.39, 0.29) is 11.3 Å². The Morgan fingerprint density at radius 3 is 2.17 bits per heavy atom. The summed E-state index contributed by atoms with van der Waals surface area (Å²) < 4.78 is 0. The van der Waals surface area contributed by atoms with Crippen LogP contribution in [0, 0.1) is 17.3 Å². The third-order valence-electron chi connectivity index (χ3n) is 4.61. The van der Waals surface area contributed by atoms with E-state index in [0.29, 0.717) is 11.8 Å². The normalized spacial score (nSPS) is 30.6. The molecule has 1 saturated carbocycles. The first-order valence-corrected chi connectivity index (χ1v) is 7.38. The summed E-state index contributed by atoms with van der Waals surface area (Å²) in [5.74, 6) is 1.09. The van der Waals surface area contributed by atoms with Crippen LogP contribution in [0.3, 0.4) is 0 Å². The zero-order chi connectivity index (χ0) is 13.3. The molecule has 1 amide bonds. The van der Waals surface area contributed by atoms with Crippen LogP contribution in [0.1, 0.15) is 53.4 Å². The summed E-state index contributed by atoms with van der Waals surface area (Å²) in [5, 5.41) is 0. The monoisotopic (exact) mass is 249 g/mol. The summed E-state index contributed by atoms with van der Waals surface area (Å²) >= 11 is 0. The van der Waals surface area contributed by atoms with Gasteiger partial charge < -0.3 is 4.90 Å². The van der Waals surface area contributed by atoms with Gasteiger partial charge in [0.1, 0.15) is 0 Å². The predicted molar refractivity (Wildman–Crippen MR) is 75.2 cm³/mol. The van der Waals surface area contributed by atoms with E-state index in [0.717, 1.165) is 13.1 Å². The van der Waals surface area contributed by atoms with Crippen molar-refractivity contribution in [2.45, 2.75) is 53.4 Å². The molecule has 0 aromatic rings. The predicted octanol–water partition coefficient (Wildman–Crippen LogP) is 3.63. The highest BCUT2D eigenvalue weighted by Gasteiger charge is 2.61. The summed E-state index contributed by atoms with van der Waals surface area (Å²) in [6, 6.07) is 0. The lowest BCUT2D eigenvalue weighted by atomic mass is 10.1. The molecule has 0 spiro atoms. The van der Waals surface area contributed by atoms with E-state index >= 15 is 0 Å². The molecular formula is C16H27NO. The fourth-order valence-electron chi connectivity index (χ4n) is 3.31. The lowest BCUT2D eigenvalue weighted by Gasteiger charge is -2.21. The van der Waals surface area contributed by atoms with Gasteiger partial charge in [0.15, 0.2) is 0 Å². The lowest BCUT2D eigenvalue weighted by molar-refractivity contribution is -0.133. The number of carbonyl (C=O) groups is 1. The van der Waals surface area contributed by atoms with Crippen molar-refractivity contribution in [1.29, 1.82) is 0 Å². The summed E-state index contributed by atoms with van der Waals surface area (Å²) in [5.41, 5.74) is 1.50. The number of likely N-dealkylation sites (tertiary alicyclic amines) is 1. The molecule has 18 heavy (non-hydrogen) atoms. The molecule has 2 atom stereocenters. The first-order chi connectivity index (χ1) is 8.44. The molecule has 2 aliphatic rings. The van der Waals surface area contributed by atoms with E-state index in [4.69, 9.17) is 0 Å². The van der Waals surface area contributed by atoms with Gasteiger partial charge in [-0.15, -0.1) is 0 Å². The highest BCUT2D eigenvalue weighted by Crippen LogP contribution is 2.60. The molecule has 102 valence electrons. The molecule has 1 aliphatic carbocycles. The Kier molecular flexibility index (Phi) is 3.84. The highest BCUT2D eigenvalue weighted by atomic mass is 16.2. The third-order valence-corrected chi connectivity index (χ3v) is 4.61. The largest absolute Gasteiger partial charge is 0.342 e. The van der Waals surface area contributed by atoms with Crippen molar-refractivity contribution in [3.05, 3.63) is 11.6 Å². The molecule has 2 unspecified atom stereocenters. The van der Waals surface area contributed by atoms with Gasteiger partial charge in [0.25, 0.3) is 0 Å². The minimum atomic E-state index is 0.167. The van der Waals surface area contributed by atoms with Crippen molar-refractivity contribution >= 4 is 5.91 Å². The number of carbonyl (C=O) groups excluding carboxylic acids is 1. The molecular weight excluding hydrogens is 222 g/mol. The molecule has 0 N–H and O–H groups in total. The molecule has 1 heterocycles. The second-order valence-corrected chi connectivity index (χ2v) is 6.81. The van der Waals surface area contributed by atoms with E-state index in [2.05, 4.69) is 38.7 Å². The first kappa shape index (κ1) is 13.6. The van der Waals surface area contributed by atoms with Crippen molar-refractivity contribution in [1.82, 2.24) is 4.90 Å². The number of amides is 1. The maximum atomic E-state index is 12.6. The maximum Gasteiger partial charge on any atom is 0.226 e. The highest BCUT2D eigenvalue weighted by molar-refractivity contribution is 5.83. The van der Waals surface area contributed by atoms with Crippen molar-refractivity contribution in [3.63, 3.8) is 0 Å². The van der Waals surface area contributed by atoms with Gasteiger partial charge in [-0.05, 0) is 38.0 Å². The van der Waals surface area contributed by atoms with E-state index in [1.807, 2.05) is 0 Å². The Morgan fingerprint density at radius 1 is 1.11 bits per heavy atom. The second kappa shape index (κ2) is 5.07. The number of allylic oxidation sites excluding steroid dienone is 2. The van der Waals surface area contributed by atoms with Gasteiger partial charge in [0.2, 0.25) is 5.91 Å². The molecule has 0 aromatic carbocycles. The molecule has 2 heteroatoms. The standard InChI is InChI=1S/C16H27NO/c1-12(2)11-13-14(16(13,3)4)15(18)17-9-7-5-6-8-10-17/h11,13-14H,5-10H2,1-4H3. The van der Waals surface area contributed by atoms with Gasteiger partial charge in [-0.2, -0.15) is 0 Å². The zero-order valence-corrected chi connectivity index (χ0v) is 12.3. The van der Waals surface area contributed by atoms with Crippen molar-refractivity contribution < 1.29 is 4.79 Å². The molecule has 0 bridgehead atoms. The SMILES string of the molecule is CC(C)=CC1C(C(=O)N2CCCCCC2)C1(C)C. The van der Waals surface area contributed by atoms with Crippen molar-refractivity contribution in [2.24, 2.45) is 17.3 Å². The number of hydrogen-bond acceptors (Lipinski definition) is 1. The van der Waals surface area contributed by atoms with Gasteiger partial charge in [-0.25, -0.2) is 0 Å². The van der Waals surface area contributed by atoms with Crippen LogP contribution in [-0.4, -0.2) is 23.9 Å². The average Bonchev–Trinajstić information content (AvgIpc) is 2.91. The third kappa shape index (κ3) is 2.62. The van der Waals surface area contributed by atoms with Crippen molar-refractivity contribution in [2.75, 3.05) is 13.1 Å².